The summed E-state index contributed by atoms with van der Waals surface area (Å²) < 4.78 is 5.64. The Morgan fingerprint density at radius 2 is 1.76 bits per heavy atom. The van der Waals surface area contributed by atoms with Gasteiger partial charge in [-0.15, -0.1) is 0 Å². The third-order valence-electron chi connectivity index (χ3n) is 5.25. The molecule has 6 heteroatoms. The molecule has 5 nitrogen and oxygen atoms in total. The van der Waals surface area contributed by atoms with Gasteiger partial charge in [0.05, 0.1) is 0 Å². The van der Waals surface area contributed by atoms with Crippen LogP contribution in [-0.2, 0) is 4.79 Å². The standard InChI is InChI=1S/C23H29N3O2S/c1-4-25-11-13-26(14-12-25)23(29)19-7-9-20(10-8-19)28-16-22(27)24-21-15-17(2)5-6-18(21)3/h5-10,15H,4,11-14,16H2,1-3H3,(H,24,27). The minimum absolute atomic E-state index is 0.0316. The highest BCUT2D eigenvalue weighted by Crippen LogP contribution is 2.18. The fourth-order valence-electron chi connectivity index (χ4n) is 3.35. The maximum Gasteiger partial charge on any atom is 0.262 e. The first kappa shape index (κ1) is 21.3. The van der Waals surface area contributed by atoms with E-state index in [4.69, 9.17) is 17.0 Å². The zero-order valence-electron chi connectivity index (χ0n) is 17.4. The molecule has 0 radical (unpaired) electrons. The fourth-order valence-corrected chi connectivity index (χ4v) is 3.67. The Hall–Kier alpha value is -2.44. The van der Waals surface area contributed by atoms with Gasteiger partial charge in [0.2, 0.25) is 0 Å². The minimum Gasteiger partial charge on any atom is -0.484 e. The topological polar surface area (TPSA) is 44.8 Å². The number of piperazine rings is 1. The van der Waals surface area contributed by atoms with Crippen molar-refractivity contribution in [3.05, 3.63) is 59.2 Å². The summed E-state index contributed by atoms with van der Waals surface area (Å²) in [5.74, 6) is 0.482. The van der Waals surface area contributed by atoms with Crippen LogP contribution in [0.2, 0.25) is 0 Å². The molecule has 1 aliphatic heterocycles. The predicted octanol–water partition coefficient (Wildman–Crippen LogP) is 3.63. The minimum atomic E-state index is -0.174. The number of nitrogens with one attached hydrogen (secondary N) is 1. The third-order valence-corrected chi connectivity index (χ3v) is 5.74. The lowest BCUT2D eigenvalue weighted by Crippen LogP contribution is -2.48. The largest absolute Gasteiger partial charge is 0.484 e. The average Bonchev–Trinajstić information content (AvgIpc) is 2.75. The molecule has 154 valence electrons. The number of anilines is 1. The van der Waals surface area contributed by atoms with Crippen LogP contribution in [0.4, 0.5) is 5.69 Å². The number of hydrogen-bond donors (Lipinski definition) is 1. The zero-order chi connectivity index (χ0) is 20.8. The van der Waals surface area contributed by atoms with Crippen molar-refractivity contribution in [3.8, 4) is 5.75 Å². The molecule has 0 saturated carbocycles. The predicted molar refractivity (Wildman–Crippen MR) is 122 cm³/mol. The van der Waals surface area contributed by atoms with Crippen molar-refractivity contribution < 1.29 is 9.53 Å². The van der Waals surface area contributed by atoms with E-state index in [9.17, 15) is 4.79 Å². The van der Waals surface area contributed by atoms with Crippen molar-refractivity contribution in [2.45, 2.75) is 20.8 Å². The fraction of sp³-hybridized carbons (Fsp3) is 0.391. The van der Waals surface area contributed by atoms with Gasteiger partial charge in [-0.2, -0.15) is 0 Å². The first-order valence-corrected chi connectivity index (χ1v) is 10.5. The third kappa shape index (κ3) is 5.78. The molecule has 0 spiro atoms. The number of nitrogens with zero attached hydrogens (tertiary/aromatic N) is 2. The summed E-state index contributed by atoms with van der Waals surface area (Å²) in [4.78, 5) is 17.8. The molecule has 2 aromatic carbocycles. The number of likely N-dealkylation sites (N-methyl/N-ethyl adjacent to an activating group) is 1. The second kappa shape index (κ2) is 9.85. The number of benzene rings is 2. The normalized spacial score (nSPS) is 14.5. The first-order chi connectivity index (χ1) is 14.0. The van der Waals surface area contributed by atoms with Gasteiger partial charge >= 0.3 is 0 Å². The van der Waals surface area contributed by atoms with Gasteiger partial charge in [-0.05, 0) is 61.9 Å². The molecule has 1 amide bonds. The van der Waals surface area contributed by atoms with E-state index in [0.29, 0.717) is 5.75 Å². The van der Waals surface area contributed by atoms with Crippen LogP contribution in [0.15, 0.2) is 42.5 Å². The van der Waals surface area contributed by atoms with Crippen molar-refractivity contribution in [1.29, 1.82) is 0 Å². The monoisotopic (exact) mass is 411 g/mol. The summed E-state index contributed by atoms with van der Waals surface area (Å²) in [5.41, 5.74) is 3.97. The van der Waals surface area contributed by atoms with Crippen LogP contribution in [0, 0.1) is 13.8 Å². The average molecular weight is 412 g/mol. The van der Waals surface area contributed by atoms with Crippen LogP contribution in [-0.4, -0.2) is 60.0 Å². The summed E-state index contributed by atoms with van der Waals surface area (Å²) in [7, 11) is 0. The molecule has 1 saturated heterocycles. The molecule has 1 heterocycles. The molecule has 1 fully saturated rings. The van der Waals surface area contributed by atoms with E-state index < -0.39 is 0 Å². The van der Waals surface area contributed by atoms with E-state index in [2.05, 4.69) is 22.0 Å². The molecule has 29 heavy (non-hydrogen) atoms. The number of carbonyl (C=O) groups excluding carboxylic acids is 1. The number of carbonyl (C=O) groups is 1. The molecule has 1 N–H and O–H groups in total. The highest BCUT2D eigenvalue weighted by molar-refractivity contribution is 7.80. The smallest absolute Gasteiger partial charge is 0.262 e. The van der Waals surface area contributed by atoms with Crippen molar-refractivity contribution in [1.82, 2.24) is 9.80 Å². The van der Waals surface area contributed by atoms with E-state index in [1.807, 2.05) is 56.3 Å². The first-order valence-electron chi connectivity index (χ1n) is 10.1. The van der Waals surface area contributed by atoms with Gasteiger partial charge in [0, 0.05) is 37.4 Å². The van der Waals surface area contributed by atoms with Gasteiger partial charge in [-0.3, -0.25) is 4.79 Å². The summed E-state index contributed by atoms with van der Waals surface area (Å²) in [6.07, 6.45) is 0. The highest BCUT2D eigenvalue weighted by atomic mass is 32.1. The number of hydrogen-bond acceptors (Lipinski definition) is 4. The maximum atomic E-state index is 12.2. The van der Waals surface area contributed by atoms with Gasteiger partial charge in [-0.1, -0.05) is 31.3 Å². The van der Waals surface area contributed by atoms with Crippen molar-refractivity contribution in [2.75, 3.05) is 44.6 Å². The molecule has 0 unspecified atom stereocenters. The Kier molecular flexibility index (Phi) is 7.23. The zero-order valence-corrected chi connectivity index (χ0v) is 18.2. The summed E-state index contributed by atoms with van der Waals surface area (Å²) >= 11 is 5.66. The number of ether oxygens (including phenoxy) is 1. The van der Waals surface area contributed by atoms with E-state index in [-0.39, 0.29) is 12.5 Å². The van der Waals surface area contributed by atoms with Crippen LogP contribution in [0.5, 0.6) is 5.75 Å². The van der Waals surface area contributed by atoms with Gasteiger partial charge in [0.25, 0.3) is 5.91 Å². The Labute approximate surface area is 178 Å². The second-order valence-electron chi connectivity index (χ2n) is 7.41. The second-order valence-corrected chi connectivity index (χ2v) is 7.79. The van der Waals surface area contributed by atoms with Crippen molar-refractivity contribution >= 4 is 28.8 Å². The quantitative estimate of drug-likeness (QED) is 0.736. The Morgan fingerprint density at radius 3 is 2.41 bits per heavy atom. The molecule has 1 aliphatic rings. The van der Waals surface area contributed by atoms with E-state index in [1.54, 1.807) is 0 Å². The lowest BCUT2D eigenvalue weighted by molar-refractivity contribution is -0.118. The van der Waals surface area contributed by atoms with Gasteiger partial charge < -0.3 is 19.9 Å². The lowest BCUT2D eigenvalue weighted by Gasteiger charge is -2.35. The lowest BCUT2D eigenvalue weighted by atomic mass is 10.1. The van der Waals surface area contributed by atoms with E-state index in [1.165, 1.54) is 0 Å². The number of thiocarbonyl (C=S) groups is 1. The Balaban J connectivity index is 1.50. The van der Waals surface area contributed by atoms with Crippen LogP contribution >= 0.6 is 12.2 Å². The van der Waals surface area contributed by atoms with Crippen LogP contribution < -0.4 is 10.1 Å². The maximum absolute atomic E-state index is 12.2. The Morgan fingerprint density at radius 1 is 1.07 bits per heavy atom. The summed E-state index contributed by atoms with van der Waals surface area (Å²) in [6, 6.07) is 13.7. The van der Waals surface area contributed by atoms with E-state index in [0.717, 1.165) is 60.1 Å². The number of rotatable bonds is 6. The molecule has 2 aromatic rings. The molecular formula is C23H29N3O2S. The van der Waals surface area contributed by atoms with Crippen LogP contribution in [0.25, 0.3) is 0 Å². The van der Waals surface area contributed by atoms with Crippen molar-refractivity contribution in [2.24, 2.45) is 0 Å². The van der Waals surface area contributed by atoms with Crippen molar-refractivity contribution in [3.63, 3.8) is 0 Å². The van der Waals surface area contributed by atoms with Crippen LogP contribution in [0.3, 0.4) is 0 Å². The van der Waals surface area contributed by atoms with Crippen LogP contribution in [0.1, 0.15) is 23.6 Å². The number of amides is 1. The molecule has 0 aromatic heterocycles. The van der Waals surface area contributed by atoms with Gasteiger partial charge in [0.15, 0.2) is 6.61 Å². The van der Waals surface area contributed by atoms with E-state index >= 15 is 0 Å². The molecular weight excluding hydrogens is 382 g/mol. The molecule has 3 rings (SSSR count). The highest BCUT2D eigenvalue weighted by Gasteiger charge is 2.18. The Bertz CT molecular complexity index is 859. The molecule has 0 aliphatic carbocycles. The SMILES string of the molecule is CCN1CCN(C(=S)c2ccc(OCC(=O)Nc3cc(C)ccc3C)cc2)CC1. The molecule has 0 bridgehead atoms. The number of aryl methyl sites for hydroxylation is 2. The van der Waals surface area contributed by atoms with Gasteiger partial charge in [-0.25, -0.2) is 0 Å². The summed E-state index contributed by atoms with van der Waals surface area (Å²) in [6.45, 7) is 11.2. The molecule has 0 atom stereocenters. The van der Waals surface area contributed by atoms with Gasteiger partial charge in [0.1, 0.15) is 10.7 Å². The summed E-state index contributed by atoms with van der Waals surface area (Å²) in [5, 5.41) is 2.91.